The van der Waals surface area contributed by atoms with E-state index in [2.05, 4.69) is 9.71 Å². The van der Waals surface area contributed by atoms with E-state index in [4.69, 9.17) is 0 Å². The molecular formula is C17H21N3O3S2. The molecule has 6 nitrogen and oxygen atoms in total. The summed E-state index contributed by atoms with van der Waals surface area (Å²) in [6.07, 6.45) is 1.30. The summed E-state index contributed by atoms with van der Waals surface area (Å²) in [4.78, 5) is 19.0. The number of hydrogen-bond acceptors (Lipinski definition) is 5. The van der Waals surface area contributed by atoms with Gasteiger partial charge in [-0.25, -0.2) is 18.1 Å². The standard InChI is InChI=1S/C17H21N3O3S2/c1-11-17(24-12(2)19-11)6-8-18-25(22,23)15-4-5-16-14(10-15)7-9-20(16)13(3)21/h4-5,10,18H,6-9H2,1-3H3. The third kappa shape index (κ3) is 3.75. The van der Waals surface area contributed by atoms with Crippen molar-refractivity contribution in [2.45, 2.75) is 38.5 Å². The zero-order valence-corrected chi connectivity index (χ0v) is 16.1. The average molecular weight is 380 g/mol. The maximum atomic E-state index is 12.5. The van der Waals surface area contributed by atoms with Crippen LogP contribution in [0.15, 0.2) is 23.1 Å². The second-order valence-electron chi connectivity index (χ2n) is 6.10. The fraction of sp³-hybridized carbons (Fsp3) is 0.412. The van der Waals surface area contributed by atoms with Gasteiger partial charge >= 0.3 is 0 Å². The molecule has 0 atom stereocenters. The molecule has 2 heterocycles. The van der Waals surface area contributed by atoms with Crippen molar-refractivity contribution in [3.8, 4) is 0 Å². The van der Waals surface area contributed by atoms with Crippen LogP contribution in [0, 0.1) is 13.8 Å². The first-order chi connectivity index (χ1) is 11.8. The van der Waals surface area contributed by atoms with Gasteiger partial charge in [-0.1, -0.05) is 0 Å². The van der Waals surface area contributed by atoms with E-state index in [1.54, 1.807) is 34.4 Å². The van der Waals surface area contributed by atoms with Gasteiger partial charge in [0.1, 0.15) is 0 Å². The fourth-order valence-corrected chi connectivity index (χ4v) is 5.08. The lowest BCUT2D eigenvalue weighted by Gasteiger charge is -2.15. The van der Waals surface area contributed by atoms with Gasteiger partial charge < -0.3 is 4.90 Å². The second-order valence-corrected chi connectivity index (χ2v) is 9.16. The molecule has 1 amide bonds. The largest absolute Gasteiger partial charge is 0.312 e. The molecule has 0 fully saturated rings. The van der Waals surface area contributed by atoms with E-state index in [0.717, 1.165) is 26.8 Å². The number of carbonyl (C=O) groups is 1. The van der Waals surface area contributed by atoms with Crippen LogP contribution in [0.25, 0.3) is 0 Å². The SMILES string of the molecule is CC(=O)N1CCc2cc(S(=O)(=O)NCCc3sc(C)nc3C)ccc21. The summed E-state index contributed by atoms with van der Waals surface area (Å²) >= 11 is 1.60. The third-order valence-corrected chi connectivity index (χ3v) is 6.87. The number of carbonyl (C=O) groups excluding carboxylic acids is 1. The van der Waals surface area contributed by atoms with Crippen LogP contribution in [0.4, 0.5) is 5.69 Å². The van der Waals surface area contributed by atoms with Crippen molar-refractivity contribution < 1.29 is 13.2 Å². The Morgan fingerprint density at radius 3 is 2.76 bits per heavy atom. The van der Waals surface area contributed by atoms with Crippen molar-refractivity contribution in [1.29, 1.82) is 0 Å². The highest BCUT2D eigenvalue weighted by Gasteiger charge is 2.24. The predicted octanol–water partition coefficient (Wildman–Crippen LogP) is 2.19. The van der Waals surface area contributed by atoms with Gasteiger partial charge in [0, 0.05) is 30.6 Å². The highest BCUT2D eigenvalue weighted by Crippen LogP contribution is 2.30. The number of aromatic nitrogens is 1. The van der Waals surface area contributed by atoms with Crippen LogP contribution in [-0.2, 0) is 27.7 Å². The lowest BCUT2D eigenvalue weighted by Crippen LogP contribution is -2.26. The van der Waals surface area contributed by atoms with E-state index in [1.165, 1.54) is 6.92 Å². The first-order valence-corrected chi connectivity index (χ1v) is 10.4. The molecule has 0 bridgehead atoms. The Kier molecular flexibility index (Phi) is 4.95. The molecular weight excluding hydrogens is 358 g/mol. The lowest BCUT2D eigenvalue weighted by molar-refractivity contribution is -0.116. The van der Waals surface area contributed by atoms with Crippen molar-refractivity contribution in [1.82, 2.24) is 9.71 Å². The smallest absolute Gasteiger partial charge is 0.240 e. The van der Waals surface area contributed by atoms with Gasteiger partial charge in [0.2, 0.25) is 15.9 Å². The summed E-state index contributed by atoms with van der Waals surface area (Å²) in [5, 5.41) is 0.990. The number of aryl methyl sites for hydroxylation is 2. The zero-order chi connectivity index (χ0) is 18.2. The molecule has 134 valence electrons. The predicted molar refractivity (Wildman–Crippen MR) is 98.7 cm³/mol. The van der Waals surface area contributed by atoms with E-state index in [1.807, 2.05) is 13.8 Å². The molecule has 0 aliphatic carbocycles. The van der Waals surface area contributed by atoms with Crippen molar-refractivity contribution >= 4 is 33.0 Å². The van der Waals surface area contributed by atoms with E-state index in [0.29, 0.717) is 25.9 Å². The van der Waals surface area contributed by atoms with Gasteiger partial charge in [0.05, 0.1) is 15.6 Å². The summed E-state index contributed by atoms with van der Waals surface area (Å²) in [7, 11) is -3.57. The van der Waals surface area contributed by atoms with Gasteiger partial charge in [-0.15, -0.1) is 11.3 Å². The molecule has 2 aromatic rings. The van der Waals surface area contributed by atoms with E-state index >= 15 is 0 Å². The van der Waals surface area contributed by atoms with Crippen molar-refractivity contribution in [2.24, 2.45) is 0 Å². The highest BCUT2D eigenvalue weighted by molar-refractivity contribution is 7.89. The van der Waals surface area contributed by atoms with Crippen molar-refractivity contribution in [3.05, 3.63) is 39.3 Å². The first kappa shape index (κ1) is 18.0. The fourth-order valence-electron chi connectivity index (χ4n) is 3.06. The van der Waals surface area contributed by atoms with E-state index in [-0.39, 0.29) is 10.8 Å². The van der Waals surface area contributed by atoms with Gasteiger partial charge in [-0.2, -0.15) is 0 Å². The zero-order valence-electron chi connectivity index (χ0n) is 14.5. The van der Waals surface area contributed by atoms with Crippen LogP contribution >= 0.6 is 11.3 Å². The maximum Gasteiger partial charge on any atom is 0.240 e. The highest BCUT2D eigenvalue weighted by atomic mass is 32.2. The van der Waals surface area contributed by atoms with Crippen LogP contribution in [-0.4, -0.2) is 32.4 Å². The number of fused-ring (bicyclic) bond motifs is 1. The lowest BCUT2D eigenvalue weighted by atomic mass is 10.2. The minimum absolute atomic E-state index is 0.0253. The van der Waals surface area contributed by atoms with E-state index in [9.17, 15) is 13.2 Å². The normalized spacial score (nSPS) is 14.0. The number of thiazole rings is 1. The topological polar surface area (TPSA) is 79.4 Å². The second kappa shape index (κ2) is 6.86. The van der Waals surface area contributed by atoms with Crippen LogP contribution < -0.4 is 9.62 Å². The van der Waals surface area contributed by atoms with Crippen LogP contribution in [0.2, 0.25) is 0 Å². The number of nitrogens with one attached hydrogen (secondary N) is 1. The minimum Gasteiger partial charge on any atom is -0.312 e. The van der Waals surface area contributed by atoms with Gasteiger partial charge in [-0.3, -0.25) is 4.79 Å². The molecule has 1 aliphatic rings. The Labute approximate surface area is 151 Å². The van der Waals surface area contributed by atoms with Gasteiger partial charge in [0.25, 0.3) is 0 Å². The summed E-state index contributed by atoms with van der Waals surface area (Å²) in [5.74, 6) is -0.0253. The number of sulfonamides is 1. The number of benzene rings is 1. The Morgan fingerprint density at radius 2 is 2.12 bits per heavy atom. The summed E-state index contributed by atoms with van der Waals surface area (Å²) < 4.78 is 27.7. The Bertz CT molecular complexity index is 919. The van der Waals surface area contributed by atoms with Crippen molar-refractivity contribution in [3.63, 3.8) is 0 Å². The number of anilines is 1. The minimum atomic E-state index is -3.57. The summed E-state index contributed by atoms with van der Waals surface area (Å²) in [6.45, 7) is 6.34. The first-order valence-electron chi connectivity index (χ1n) is 8.11. The van der Waals surface area contributed by atoms with Crippen LogP contribution in [0.3, 0.4) is 0 Å². The molecule has 1 N–H and O–H groups in total. The monoisotopic (exact) mass is 379 g/mol. The quantitative estimate of drug-likeness (QED) is 0.864. The molecule has 25 heavy (non-hydrogen) atoms. The van der Waals surface area contributed by atoms with E-state index < -0.39 is 10.0 Å². The Hall–Kier alpha value is -1.77. The van der Waals surface area contributed by atoms with Gasteiger partial charge in [-0.05, 0) is 50.5 Å². The third-order valence-electron chi connectivity index (χ3n) is 4.28. The summed E-state index contributed by atoms with van der Waals surface area (Å²) in [5.41, 5.74) is 2.66. The number of hydrogen-bond donors (Lipinski definition) is 1. The molecule has 1 aromatic carbocycles. The Morgan fingerprint density at radius 1 is 1.36 bits per heavy atom. The van der Waals surface area contributed by atoms with Crippen LogP contribution in [0.1, 0.15) is 28.1 Å². The molecule has 0 saturated heterocycles. The molecule has 0 radical (unpaired) electrons. The van der Waals surface area contributed by atoms with Crippen molar-refractivity contribution in [2.75, 3.05) is 18.0 Å². The Balaban J connectivity index is 1.70. The summed E-state index contributed by atoms with van der Waals surface area (Å²) in [6, 6.07) is 4.95. The average Bonchev–Trinajstić information content (AvgIpc) is 3.09. The maximum absolute atomic E-state index is 12.5. The molecule has 8 heteroatoms. The number of nitrogens with zero attached hydrogens (tertiary/aromatic N) is 2. The molecule has 1 aliphatic heterocycles. The molecule has 3 rings (SSSR count). The molecule has 0 unspecified atom stereocenters. The number of amides is 1. The van der Waals surface area contributed by atoms with Crippen LogP contribution in [0.5, 0.6) is 0 Å². The number of rotatable bonds is 5. The molecule has 1 aromatic heterocycles. The van der Waals surface area contributed by atoms with Gasteiger partial charge in [0.15, 0.2) is 0 Å². The molecule has 0 saturated carbocycles. The molecule has 0 spiro atoms.